The molecule has 0 aliphatic heterocycles. The largest absolute Gasteiger partial charge is 0.433 e. The number of alkyl halides is 3. The van der Waals surface area contributed by atoms with Gasteiger partial charge in [-0.2, -0.15) is 13.2 Å². The highest BCUT2D eigenvalue weighted by atomic mass is 19.4. The first-order valence-corrected chi connectivity index (χ1v) is 6.51. The summed E-state index contributed by atoms with van der Waals surface area (Å²) in [5, 5.41) is 2.61. The maximum Gasteiger partial charge on any atom is 0.433 e. The molecule has 2 aromatic rings. The number of carbonyl (C=O) groups excluding carboxylic acids is 1. The number of hydrogen-bond acceptors (Lipinski definition) is 3. The first-order valence-electron chi connectivity index (χ1n) is 6.51. The van der Waals surface area contributed by atoms with Gasteiger partial charge in [-0.3, -0.25) is 14.8 Å². The van der Waals surface area contributed by atoms with E-state index in [1.54, 1.807) is 12.3 Å². The van der Waals surface area contributed by atoms with Gasteiger partial charge in [-0.05, 0) is 37.1 Å². The minimum Gasteiger partial charge on any atom is -0.346 e. The van der Waals surface area contributed by atoms with Gasteiger partial charge in [0.1, 0.15) is 5.69 Å². The van der Waals surface area contributed by atoms with E-state index in [1.807, 2.05) is 13.0 Å². The van der Waals surface area contributed by atoms with E-state index < -0.39 is 17.8 Å². The number of aromatic nitrogens is 2. The van der Waals surface area contributed by atoms with Crippen LogP contribution in [0.2, 0.25) is 0 Å². The SMILES string of the molecule is Cc1ccc(CNC(=O)c2cnc(C(F)(F)F)cc2C)nc1. The molecule has 4 nitrogen and oxygen atoms in total. The van der Waals surface area contributed by atoms with Crippen molar-refractivity contribution in [3.63, 3.8) is 0 Å². The highest BCUT2D eigenvalue weighted by Gasteiger charge is 2.33. The molecule has 1 N–H and O–H groups in total. The van der Waals surface area contributed by atoms with E-state index in [0.717, 1.165) is 17.8 Å². The van der Waals surface area contributed by atoms with Gasteiger partial charge in [0.2, 0.25) is 0 Å². The number of nitrogens with one attached hydrogen (secondary N) is 1. The predicted octanol–water partition coefficient (Wildman–Crippen LogP) is 3.04. The van der Waals surface area contributed by atoms with Gasteiger partial charge < -0.3 is 5.32 Å². The number of nitrogens with zero attached hydrogens (tertiary/aromatic N) is 2. The zero-order valence-corrected chi connectivity index (χ0v) is 12.0. The molecule has 1 amide bonds. The van der Waals surface area contributed by atoms with E-state index in [-0.39, 0.29) is 17.7 Å². The van der Waals surface area contributed by atoms with Gasteiger partial charge in [-0.1, -0.05) is 6.07 Å². The van der Waals surface area contributed by atoms with Crippen LogP contribution >= 0.6 is 0 Å². The third kappa shape index (κ3) is 3.81. The maximum absolute atomic E-state index is 12.5. The lowest BCUT2D eigenvalue weighted by molar-refractivity contribution is -0.141. The Morgan fingerprint density at radius 1 is 1.18 bits per heavy atom. The lowest BCUT2D eigenvalue weighted by atomic mass is 10.1. The van der Waals surface area contributed by atoms with Crippen LogP contribution < -0.4 is 5.32 Å². The Hall–Kier alpha value is -2.44. The molecule has 0 bridgehead atoms. The van der Waals surface area contributed by atoms with Gasteiger partial charge in [0.25, 0.3) is 5.91 Å². The molecule has 0 unspecified atom stereocenters. The van der Waals surface area contributed by atoms with Crippen LogP contribution in [0.4, 0.5) is 13.2 Å². The van der Waals surface area contributed by atoms with E-state index in [4.69, 9.17) is 0 Å². The molecule has 2 rings (SSSR count). The third-order valence-electron chi connectivity index (χ3n) is 3.05. The molecule has 0 saturated carbocycles. The number of halogens is 3. The van der Waals surface area contributed by atoms with Crippen LogP contribution in [0.25, 0.3) is 0 Å². The second-order valence-corrected chi connectivity index (χ2v) is 4.89. The number of amides is 1. The summed E-state index contributed by atoms with van der Waals surface area (Å²) in [7, 11) is 0. The third-order valence-corrected chi connectivity index (χ3v) is 3.05. The van der Waals surface area contributed by atoms with E-state index in [9.17, 15) is 18.0 Å². The normalized spacial score (nSPS) is 11.3. The van der Waals surface area contributed by atoms with Crippen LogP contribution in [0.5, 0.6) is 0 Å². The molecule has 0 atom stereocenters. The second kappa shape index (κ2) is 6.13. The van der Waals surface area contributed by atoms with Gasteiger partial charge in [0.05, 0.1) is 17.8 Å². The van der Waals surface area contributed by atoms with Crippen molar-refractivity contribution in [3.8, 4) is 0 Å². The Kier molecular flexibility index (Phi) is 4.44. The van der Waals surface area contributed by atoms with Gasteiger partial charge in [0.15, 0.2) is 0 Å². The molecule has 2 aromatic heterocycles. The number of hydrogen-bond donors (Lipinski definition) is 1. The average molecular weight is 309 g/mol. The van der Waals surface area contributed by atoms with Gasteiger partial charge in [-0.15, -0.1) is 0 Å². The van der Waals surface area contributed by atoms with Crippen molar-refractivity contribution >= 4 is 5.91 Å². The van der Waals surface area contributed by atoms with Crippen molar-refractivity contribution in [2.45, 2.75) is 26.6 Å². The molecule has 7 heteroatoms. The van der Waals surface area contributed by atoms with Crippen molar-refractivity contribution in [2.24, 2.45) is 0 Å². The molecule has 0 aromatic carbocycles. The standard InChI is InChI=1S/C15H14F3N3O/c1-9-3-4-11(19-6-9)7-21-14(22)12-8-20-13(5-10(12)2)15(16,17)18/h3-6,8H,7H2,1-2H3,(H,21,22). The molecule has 22 heavy (non-hydrogen) atoms. The summed E-state index contributed by atoms with van der Waals surface area (Å²) >= 11 is 0. The van der Waals surface area contributed by atoms with E-state index in [0.29, 0.717) is 5.69 Å². The van der Waals surface area contributed by atoms with Crippen molar-refractivity contribution in [1.29, 1.82) is 0 Å². The maximum atomic E-state index is 12.5. The molecule has 0 spiro atoms. The monoisotopic (exact) mass is 309 g/mol. The summed E-state index contributed by atoms with van der Waals surface area (Å²) in [6, 6.07) is 4.49. The second-order valence-electron chi connectivity index (χ2n) is 4.89. The zero-order valence-electron chi connectivity index (χ0n) is 12.0. The molecule has 0 aliphatic carbocycles. The summed E-state index contributed by atoms with van der Waals surface area (Å²) in [5.74, 6) is -0.485. The van der Waals surface area contributed by atoms with Crippen molar-refractivity contribution in [3.05, 3.63) is 58.7 Å². The highest BCUT2D eigenvalue weighted by molar-refractivity contribution is 5.95. The Balaban J connectivity index is 2.08. The van der Waals surface area contributed by atoms with Crippen LogP contribution in [0.3, 0.4) is 0 Å². The highest BCUT2D eigenvalue weighted by Crippen LogP contribution is 2.28. The van der Waals surface area contributed by atoms with E-state index >= 15 is 0 Å². The van der Waals surface area contributed by atoms with Crippen LogP contribution in [-0.4, -0.2) is 15.9 Å². The molecule has 2 heterocycles. The fraction of sp³-hybridized carbons (Fsp3) is 0.267. The fourth-order valence-corrected chi connectivity index (χ4v) is 1.82. The van der Waals surface area contributed by atoms with Crippen LogP contribution in [0.1, 0.15) is 32.9 Å². The summed E-state index contributed by atoms with van der Waals surface area (Å²) in [4.78, 5) is 19.4. The fourth-order valence-electron chi connectivity index (χ4n) is 1.82. The van der Waals surface area contributed by atoms with Gasteiger partial charge in [-0.25, -0.2) is 0 Å². The van der Waals surface area contributed by atoms with Crippen LogP contribution in [0, 0.1) is 13.8 Å². The Morgan fingerprint density at radius 2 is 1.91 bits per heavy atom. The number of rotatable bonds is 3. The number of carbonyl (C=O) groups is 1. The molecule has 116 valence electrons. The Bertz CT molecular complexity index is 681. The molecule has 0 saturated heterocycles. The first-order chi connectivity index (χ1) is 10.3. The smallest absolute Gasteiger partial charge is 0.346 e. The zero-order chi connectivity index (χ0) is 16.3. The van der Waals surface area contributed by atoms with Gasteiger partial charge >= 0.3 is 6.18 Å². The van der Waals surface area contributed by atoms with Crippen LogP contribution in [0.15, 0.2) is 30.6 Å². The Morgan fingerprint density at radius 3 is 2.45 bits per heavy atom. The lowest BCUT2D eigenvalue weighted by Gasteiger charge is -2.10. The first kappa shape index (κ1) is 15.9. The topological polar surface area (TPSA) is 54.9 Å². The number of aryl methyl sites for hydroxylation is 2. The predicted molar refractivity (Wildman–Crippen MR) is 74.1 cm³/mol. The van der Waals surface area contributed by atoms with Crippen LogP contribution in [-0.2, 0) is 12.7 Å². The summed E-state index contributed by atoms with van der Waals surface area (Å²) < 4.78 is 37.6. The quantitative estimate of drug-likeness (QED) is 0.948. The Labute approximate surface area is 125 Å². The molecule has 0 radical (unpaired) electrons. The summed E-state index contributed by atoms with van der Waals surface area (Å²) in [5.41, 5.74) is 0.980. The summed E-state index contributed by atoms with van der Waals surface area (Å²) in [6.07, 6.45) is -1.91. The van der Waals surface area contributed by atoms with Crippen molar-refractivity contribution in [1.82, 2.24) is 15.3 Å². The van der Waals surface area contributed by atoms with E-state index in [2.05, 4.69) is 15.3 Å². The minimum atomic E-state index is -4.52. The number of pyridine rings is 2. The molecular weight excluding hydrogens is 295 g/mol. The molecular formula is C15H14F3N3O. The van der Waals surface area contributed by atoms with Crippen molar-refractivity contribution < 1.29 is 18.0 Å². The molecule has 0 aliphatic rings. The lowest BCUT2D eigenvalue weighted by Crippen LogP contribution is -2.24. The van der Waals surface area contributed by atoms with Crippen molar-refractivity contribution in [2.75, 3.05) is 0 Å². The minimum absolute atomic E-state index is 0.111. The average Bonchev–Trinajstić information content (AvgIpc) is 2.45. The van der Waals surface area contributed by atoms with E-state index in [1.165, 1.54) is 6.92 Å². The molecule has 0 fully saturated rings. The van der Waals surface area contributed by atoms with Gasteiger partial charge in [0, 0.05) is 12.4 Å². The summed E-state index contributed by atoms with van der Waals surface area (Å²) in [6.45, 7) is 3.53.